The Hall–Kier alpha value is -0.220. The Labute approximate surface area is 85.4 Å². The van der Waals surface area contributed by atoms with Crippen molar-refractivity contribution in [3.05, 3.63) is 30.1 Å². The van der Waals surface area contributed by atoms with Gasteiger partial charge in [-0.05, 0) is 12.1 Å². The van der Waals surface area contributed by atoms with Crippen molar-refractivity contribution in [2.45, 2.75) is 0 Å². The van der Waals surface area contributed by atoms with Gasteiger partial charge in [-0.25, -0.2) is 0 Å². The standard InChI is InChI=1S/C7H6BrNO.BrH/c8-5-7(10)6-3-1-2-4-9-6;/h1-4H,5H2;1H. The number of carbonyl (C=O) groups excluding carboxylic acids is 1. The van der Waals surface area contributed by atoms with E-state index >= 15 is 0 Å². The van der Waals surface area contributed by atoms with Gasteiger partial charge in [-0.3, -0.25) is 9.78 Å². The van der Waals surface area contributed by atoms with Crippen LogP contribution in [0, 0.1) is 0 Å². The van der Waals surface area contributed by atoms with E-state index < -0.39 is 0 Å². The van der Waals surface area contributed by atoms with Gasteiger partial charge in [0.15, 0.2) is 5.78 Å². The Bertz CT molecular complexity index is 230. The Balaban J connectivity index is 0. The second-order valence-corrected chi connectivity index (χ2v) is 2.33. The molecule has 0 N–H and O–H groups in total. The summed E-state index contributed by atoms with van der Waals surface area (Å²) in [4.78, 5) is 14.8. The van der Waals surface area contributed by atoms with Crippen LogP contribution in [-0.4, -0.2) is 16.1 Å². The van der Waals surface area contributed by atoms with Crippen LogP contribution in [-0.2, 0) is 0 Å². The molecule has 0 aliphatic carbocycles. The van der Waals surface area contributed by atoms with E-state index in [0.717, 1.165) is 0 Å². The van der Waals surface area contributed by atoms with Crippen molar-refractivity contribution >= 4 is 21.7 Å². The third-order valence-corrected chi connectivity index (χ3v) is 1.58. The summed E-state index contributed by atoms with van der Waals surface area (Å²) in [5.41, 5.74) is 0.513. The molecule has 0 aliphatic heterocycles. The van der Waals surface area contributed by atoms with Crippen LogP contribution in [0.4, 0.5) is 0 Å². The molecule has 0 aromatic carbocycles. The average molecular weight is 281 g/mol. The molecule has 0 amide bonds. The third kappa shape index (κ3) is 3.12. The fourth-order valence-electron chi connectivity index (χ4n) is 0.596. The summed E-state index contributed by atoms with van der Waals surface area (Å²) in [6.45, 7) is 0. The van der Waals surface area contributed by atoms with E-state index in [1.807, 2.05) is 0 Å². The maximum atomic E-state index is 10.9. The van der Waals surface area contributed by atoms with Gasteiger partial charge in [-0.1, -0.05) is 22.0 Å². The molecular weight excluding hydrogens is 274 g/mol. The summed E-state index contributed by atoms with van der Waals surface area (Å²) < 4.78 is 0. The Morgan fingerprint density at radius 2 is 2.36 bits per heavy atom. The lowest BCUT2D eigenvalue weighted by atomic mass is 10.3. The number of ketones is 1. The van der Waals surface area contributed by atoms with Gasteiger partial charge < -0.3 is 17.0 Å². The molecule has 0 saturated carbocycles. The van der Waals surface area contributed by atoms with Crippen LogP contribution in [0.25, 0.3) is 0 Å². The molecule has 1 rings (SSSR count). The molecule has 60 valence electrons. The zero-order valence-corrected chi connectivity index (χ0v) is 8.80. The molecule has 0 fully saturated rings. The first kappa shape index (κ1) is 10.8. The topological polar surface area (TPSA) is 30.0 Å². The fourth-order valence-corrected chi connectivity index (χ4v) is 0.883. The average Bonchev–Trinajstić information content (AvgIpc) is 2.05. The lowest BCUT2D eigenvalue weighted by molar-refractivity contribution is -0.00000971. The van der Waals surface area contributed by atoms with Gasteiger partial charge in [0.2, 0.25) is 0 Å². The largest absolute Gasteiger partial charge is 1.00 e. The van der Waals surface area contributed by atoms with Crippen molar-refractivity contribution in [2.24, 2.45) is 0 Å². The molecule has 0 atom stereocenters. The highest BCUT2D eigenvalue weighted by Gasteiger charge is 2.01. The van der Waals surface area contributed by atoms with Gasteiger partial charge in [0, 0.05) is 6.20 Å². The lowest BCUT2D eigenvalue weighted by Gasteiger charge is -1.91. The number of aromatic nitrogens is 1. The second-order valence-electron chi connectivity index (χ2n) is 1.77. The minimum absolute atomic E-state index is 0. The van der Waals surface area contributed by atoms with Gasteiger partial charge in [-0.15, -0.1) is 0 Å². The van der Waals surface area contributed by atoms with Gasteiger partial charge >= 0.3 is 1.43 Å². The number of alkyl halides is 1. The molecule has 0 spiro atoms. The summed E-state index contributed by atoms with van der Waals surface area (Å²) in [6.07, 6.45) is 1.61. The molecule has 0 bridgehead atoms. The lowest BCUT2D eigenvalue weighted by Crippen LogP contribution is -3.00. The number of hydrogen-bond acceptors (Lipinski definition) is 2. The molecule has 1 aromatic rings. The van der Waals surface area contributed by atoms with Crippen molar-refractivity contribution in [1.82, 2.24) is 4.98 Å². The maximum Gasteiger partial charge on any atom is 1.00 e. The van der Waals surface area contributed by atoms with Crippen LogP contribution < -0.4 is 17.0 Å². The number of rotatable bonds is 2. The summed E-state index contributed by atoms with van der Waals surface area (Å²) in [5.74, 6) is 0.0144. The predicted octanol–water partition coefficient (Wildman–Crippen LogP) is -1.22. The first-order valence-electron chi connectivity index (χ1n) is 2.85. The highest BCUT2D eigenvalue weighted by molar-refractivity contribution is 9.09. The Morgan fingerprint density at radius 3 is 2.82 bits per heavy atom. The van der Waals surface area contributed by atoms with Crippen LogP contribution in [0.2, 0.25) is 0 Å². The van der Waals surface area contributed by atoms with E-state index in [1.165, 1.54) is 0 Å². The third-order valence-electron chi connectivity index (χ3n) is 1.07. The zero-order valence-electron chi connectivity index (χ0n) is 6.63. The van der Waals surface area contributed by atoms with Crippen LogP contribution >= 0.6 is 15.9 Å². The highest BCUT2D eigenvalue weighted by atomic mass is 79.9. The normalized spacial score (nSPS) is 8.45. The van der Waals surface area contributed by atoms with Crippen molar-refractivity contribution in [3.8, 4) is 0 Å². The molecule has 4 heteroatoms. The highest BCUT2D eigenvalue weighted by Crippen LogP contribution is 1.96. The van der Waals surface area contributed by atoms with Crippen LogP contribution in [0.5, 0.6) is 0 Å². The molecule has 0 radical (unpaired) electrons. The summed E-state index contributed by atoms with van der Waals surface area (Å²) >= 11 is 3.06. The van der Waals surface area contributed by atoms with E-state index in [1.54, 1.807) is 24.4 Å². The van der Waals surface area contributed by atoms with Gasteiger partial charge in [0.05, 0.1) is 5.33 Å². The minimum atomic E-state index is 0. The van der Waals surface area contributed by atoms with E-state index in [0.29, 0.717) is 11.0 Å². The van der Waals surface area contributed by atoms with Crippen molar-refractivity contribution in [2.75, 3.05) is 5.33 Å². The van der Waals surface area contributed by atoms with Crippen LogP contribution in [0.15, 0.2) is 24.4 Å². The number of Topliss-reactive ketones (excluding diaryl/α,β-unsaturated/α-hetero) is 1. The van der Waals surface area contributed by atoms with Gasteiger partial charge in [0.25, 0.3) is 0 Å². The van der Waals surface area contributed by atoms with Crippen molar-refractivity contribution < 1.29 is 23.2 Å². The monoisotopic (exact) mass is 279 g/mol. The molecule has 0 unspecified atom stereocenters. The first-order chi connectivity index (χ1) is 4.84. The number of carbonyl (C=O) groups is 1. The molecule has 1 aromatic heterocycles. The number of pyridine rings is 1. The molecular formula is C7H7Br2NO. The van der Waals surface area contributed by atoms with E-state index in [2.05, 4.69) is 20.9 Å². The van der Waals surface area contributed by atoms with Gasteiger partial charge in [0.1, 0.15) is 5.69 Å². The molecule has 2 nitrogen and oxygen atoms in total. The number of hydrogen-bond donors (Lipinski definition) is 0. The van der Waals surface area contributed by atoms with Crippen LogP contribution in [0.1, 0.15) is 11.9 Å². The quantitative estimate of drug-likeness (QED) is 0.502. The smallest absolute Gasteiger partial charge is 1.00 e. The number of nitrogens with zero attached hydrogens (tertiary/aromatic N) is 1. The summed E-state index contributed by atoms with van der Waals surface area (Å²) in [6, 6.07) is 5.28. The van der Waals surface area contributed by atoms with E-state index in [4.69, 9.17) is 0 Å². The molecule has 1 heterocycles. The second kappa shape index (κ2) is 5.43. The molecule has 0 aliphatic rings. The Morgan fingerprint density at radius 1 is 1.64 bits per heavy atom. The summed E-state index contributed by atoms with van der Waals surface area (Å²) in [5, 5.41) is 0.337. The summed E-state index contributed by atoms with van der Waals surface area (Å²) in [7, 11) is 0. The van der Waals surface area contributed by atoms with Crippen molar-refractivity contribution in [1.29, 1.82) is 0 Å². The SMILES string of the molecule is O=C(CBr)c1ccccn1.[Br-].[H+]. The van der Waals surface area contributed by atoms with E-state index in [9.17, 15) is 4.79 Å². The first-order valence-corrected chi connectivity index (χ1v) is 3.97. The van der Waals surface area contributed by atoms with E-state index in [-0.39, 0.29) is 24.2 Å². The van der Waals surface area contributed by atoms with Gasteiger partial charge in [-0.2, -0.15) is 0 Å². The van der Waals surface area contributed by atoms with Crippen molar-refractivity contribution in [3.63, 3.8) is 0 Å². The maximum absolute atomic E-state index is 10.9. The minimum Gasteiger partial charge on any atom is -1.00 e. The fraction of sp³-hybridized carbons (Fsp3) is 0.143. The zero-order chi connectivity index (χ0) is 7.40. The van der Waals surface area contributed by atoms with Crippen LogP contribution in [0.3, 0.4) is 0 Å². The molecule has 0 saturated heterocycles. The molecule has 11 heavy (non-hydrogen) atoms. The predicted molar refractivity (Wildman–Crippen MR) is 43.5 cm³/mol. The Kier molecular flexibility index (Phi) is 5.32. The number of halogens is 2.